The van der Waals surface area contributed by atoms with E-state index < -0.39 is 0 Å². The molecule has 1 aromatic rings. The smallest absolute Gasteiger partial charge is 0.289 e. The topological polar surface area (TPSA) is 56.9 Å². The minimum atomic E-state index is -0.255. The van der Waals surface area contributed by atoms with Crippen molar-refractivity contribution in [3.05, 3.63) is 36.3 Å². The number of likely N-dealkylation sites (tertiary alicyclic amines) is 1. The van der Waals surface area contributed by atoms with Crippen molar-refractivity contribution < 1.29 is 14.3 Å². The fraction of sp³-hybridized carbons (Fsp3) is 0.588. The van der Waals surface area contributed by atoms with Crippen LogP contribution in [0, 0.1) is 5.41 Å². The Balaban J connectivity index is 2.08. The molecule has 5 nitrogen and oxygen atoms in total. The van der Waals surface area contributed by atoms with Gasteiger partial charge in [0.2, 0.25) is 0 Å². The maximum absolute atomic E-state index is 12.6. The molecule has 0 aromatic carbocycles. The maximum atomic E-state index is 12.6. The third-order valence-electron chi connectivity index (χ3n) is 4.21. The SMILES string of the molecule is C=CC[C@]1(CO)CCCN(C(=O)c2ccc(CN(C)C)o2)C1. The number of furan rings is 1. The Morgan fingerprint density at radius 1 is 1.55 bits per heavy atom. The molecule has 1 amide bonds. The summed E-state index contributed by atoms with van der Waals surface area (Å²) in [5, 5.41) is 9.73. The standard InChI is InChI=1S/C17H26N2O3/c1-4-8-17(13-20)9-5-10-19(12-17)16(21)15-7-6-14(22-15)11-18(2)3/h4,6-7,20H,1,5,8-13H2,2-3H3/t17-/m0/s1. The van der Waals surface area contributed by atoms with Crippen LogP contribution in [0.5, 0.6) is 0 Å². The van der Waals surface area contributed by atoms with E-state index >= 15 is 0 Å². The highest BCUT2D eigenvalue weighted by Gasteiger charge is 2.36. The van der Waals surface area contributed by atoms with Gasteiger partial charge in [0.25, 0.3) is 5.91 Å². The van der Waals surface area contributed by atoms with Crippen LogP contribution in [0.1, 0.15) is 35.6 Å². The molecule has 0 unspecified atom stereocenters. The summed E-state index contributed by atoms with van der Waals surface area (Å²) in [5.74, 6) is 1.07. The summed E-state index contributed by atoms with van der Waals surface area (Å²) in [6.07, 6.45) is 4.36. The van der Waals surface area contributed by atoms with Crippen molar-refractivity contribution in [2.75, 3.05) is 33.8 Å². The summed E-state index contributed by atoms with van der Waals surface area (Å²) in [4.78, 5) is 16.4. The maximum Gasteiger partial charge on any atom is 0.289 e. The van der Waals surface area contributed by atoms with E-state index in [0.29, 0.717) is 25.4 Å². The summed E-state index contributed by atoms with van der Waals surface area (Å²) in [6, 6.07) is 3.59. The molecule has 1 N–H and O–H groups in total. The highest BCUT2D eigenvalue weighted by molar-refractivity contribution is 5.91. The molecule has 0 radical (unpaired) electrons. The number of allylic oxidation sites excluding steroid dienone is 1. The molecular weight excluding hydrogens is 280 g/mol. The lowest BCUT2D eigenvalue weighted by atomic mass is 9.78. The zero-order chi connectivity index (χ0) is 16.2. The van der Waals surface area contributed by atoms with E-state index in [4.69, 9.17) is 4.42 Å². The molecule has 2 heterocycles. The van der Waals surface area contributed by atoms with Crippen molar-refractivity contribution in [2.24, 2.45) is 5.41 Å². The van der Waals surface area contributed by atoms with E-state index in [2.05, 4.69) is 6.58 Å². The van der Waals surface area contributed by atoms with Crippen LogP contribution in [-0.4, -0.2) is 54.6 Å². The minimum Gasteiger partial charge on any atom is -0.455 e. The first kappa shape index (κ1) is 16.8. The molecule has 22 heavy (non-hydrogen) atoms. The number of rotatable bonds is 6. The second kappa shape index (κ2) is 7.11. The van der Waals surface area contributed by atoms with Crippen LogP contribution in [0.3, 0.4) is 0 Å². The van der Waals surface area contributed by atoms with Crippen molar-refractivity contribution in [3.8, 4) is 0 Å². The lowest BCUT2D eigenvalue weighted by Crippen LogP contribution is -2.47. The molecule has 1 aliphatic heterocycles. The molecule has 0 aliphatic carbocycles. The van der Waals surface area contributed by atoms with Crippen molar-refractivity contribution in [1.82, 2.24) is 9.80 Å². The second-order valence-corrected chi connectivity index (χ2v) is 6.48. The quantitative estimate of drug-likeness (QED) is 0.818. The van der Waals surface area contributed by atoms with Crippen molar-refractivity contribution in [2.45, 2.75) is 25.8 Å². The highest BCUT2D eigenvalue weighted by Crippen LogP contribution is 2.34. The zero-order valence-corrected chi connectivity index (χ0v) is 13.5. The molecule has 1 aromatic heterocycles. The summed E-state index contributed by atoms with van der Waals surface area (Å²) in [7, 11) is 3.92. The van der Waals surface area contributed by atoms with E-state index in [9.17, 15) is 9.90 Å². The average molecular weight is 306 g/mol. The normalized spacial score (nSPS) is 22.1. The number of hydrogen-bond acceptors (Lipinski definition) is 4. The van der Waals surface area contributed by atoms with Gasteiger partial charge in [0.15, 0.2) is 5.76 Å². The Labute approximate surface area is 132 Å². The van der Waals surface area contributed by atoms with Crippen molar-refractivity contribution in [1.29, 1.82) is 0 Å². The van der Waals surface area contributed by atoms with Gasteiger partial charge in [-0.25, -0.2) is 0 Å². The molecule has 0 bridgehead atoms. The Morgan fingerprint density at radius 2 is 2.32 bits per heavy atom. The summed E-state index contributed by atoms with van der Waals surface area (Å²) in [5.41, 5.74) is -0.255. The van der Waals surface area contributed by atoms with Gasteiger partial charge in [-0.05, 0) is 45.5 Å². The lowest BCUT2D eigenvalue weighted by molar-refractivity contribution is 0.0264. The largest absolute Gasteiger partial charge is 0.455 e. The van der Waals surface area contributed by atoms with E-state index in [1.165, 1.54) is 0 Å². The van der Waals surface area contributed by atoms with E-state index in [1.54, 1.807) is 11.0 Å². The van der Waals surface area contributed by atoms with Gasteiger partial charge in [0.1, 0.15) is 5.76 Å². The Hall–Kier alpha value is -1.59. The fourth-order valence-corrected chi connectivity index (χ4v) is 3.09. The highest BCUT2D eigenvalue weighted by atomic mass is 16.4. The first-order valence-corrected chi connectivity index (χ1v) is 7.74. The first-order valence-electron chi connectivity index (χ1n) is 7.74. The number of amides is 1. The van der Waals surface area contributed by atoms with Crippen LogP contribution in [-0.2, 0) is 6.54 Å². The van der Waals surface area contributed by atoms with Gasteiger partial charge in [-0.2, -0.15) is 0 Å². The molecule has 122 valence electrons. The first-order chi connectivity index (χ1) is 10.5. The average Bonchev–Trinajstić information content (AvgIpc) is 2.94. The van der Waals surface area contributed by atoms with Gasteiger partial charge in [-0.3, -0.25) is 4.79 Å². The molecule has 1 saturated heterocycles. The lowest BCUT2D eigenvalue weighted by Gasteiger charge is -2.41. The van der Waals surface area contributed by atoms with Crippen LogP contribution >= 0.6 is 0 Å². The third-order valence-corrected chi connectivity index (χ3v) is 4.21. The summed E-state index contributed by atoms with van der Waals surface area (Å²) >= 11 is 0. The number of piperidine rings is 1. The monoisotopic (exact) mass is 306 g/mol. The van der Waals surface area contributed by atoms with Crippen molar-refractivity contribution in [3.63, 3.8) is 0 Å². The van der Waals surface area contributed by atoms with Gasteiger partial charge in [-0.15, -0.1) is 6.58 Å². The van der Waals surface area contributed by atoms with E-state index in [-0.39, 0.29) is 17.9 Å². The van der Waals surface area contributed by atoms with Crippen LogP contribution in [0.4, 0.5) is 0 Å². The Morgan fingerprint density at radius 3 is 2.95 bits per heavy atom. The minimum absolute atomic E-state index is 0.0762. The predicted molar refractivity (Wildman–Crippen MR) is 85.6 cm³/mol. The summed E-state index contributed by atoms with van der Waals surface area (Å²) < 4.78 is 5.66. The number of nitrogens with zero attached hydrogens (tertiary/aromatic N) is 2. The number of carbonyl (C=O) groups is 1. The van der Waals surface area contributed by atoms with Crippen molar-refractivity contribution >= 4 is 5.91 Å². The fourth-order valence-electron chi connectivity index (χ4n) is 3.09. The van der Waals surface area contributed by atoms with Gasteiger partial charge >= 0.3 is 0 Å². The molecule has 1 aliphatic rings. The number of hydrogen-bond donors (Lipinski definition) is 1. The molecule has 1 fully saturated rings. The molecule has 2 rings (SSSR count). The van der Waals surface area contributed by atoms with Gasteiger partial charge in [0, 0.05) is 18.5 Å². The van der Waals surface area contributed by atoms with Crippen LogP contribution < -0.4 is 0 Å². The Kier molecular flexibility index (Phi) is 5.42. The summed E-state index contributed by atoms with van der Waals surface area (Å²) in [6.45, 7) is 5.78. The Bertz CT molecular complexity index is 524. The molecule has 1 atom stereocenters. The third kappa shape index (κ3) is 3.78. The molecule has 0 saturated carbocycles. The van der Waals surface area contributed by atoms with E-state index in [1.807, 2.05) is 31.1 Å². The van der Waals surface area contributed by atoms with Crippen LogP contribution in [0.15, 0.2) is 29.2 Å². The number of aliphatic hydroxyl groups excluding tert-OH is 1. The van der Waals surface area contributed by atoms with Gasteiger partial charge in [0.05, 0.1) is 13.2 Å². The van der Waals surface area contributed by atoms with E-state index in [0.717, 1.165) is 25.0 Å². The molecule has 5 heteroatoms. The van der Waals surface area contributed by atoms with Crippen LogP contribution in [0.25, 0.3) is 0 Å². The number of carbonyl (C=O) groups excluding carboxylic acids is 1. The van der Waals surface area contributed by atoms with Gasteiger partial charge < -0.3 is 19.3 Å². The van der Waals surface area contributed by atoms with Crippen LogP contribution in [0.2, 0.25) is 0 Å². The zero-order valence-electron chi connectivity index (χ0n) is 13.5. The molecular formula is C17H26N2O3. The van der Waals surface area contributed by atoms with Gasteiger partial charge in [-0.1, -0.05) is 6.08 Å². The predicted octanol–water partition coefficient (Wildman–Crippen LogP) is 2.13. The second-order valence-electron chi connectivity index (χ2n) is 6.48. The molecule has 0 spiro atoms. The number of aliphatic hydroxyl groups is 1.